The molecule has 3 N–H and O–H groups in total. The number of aliphatic hydroxyl groups is 1. The number of aromatic nitrogens is 2. The zero-order valence-corrected chi connectivity index (χ0v) is 18.8. The summed E-state index contributed by atoms with van der Waals surface area (Å²) in [5.74, 6) is -1.89. The van der Waals surface area contributed by atoms with Gasteiger partial charge >= 0.3 is 6.36 Å². The van der Waals surface area contributed by atoms with Gasteiger partial charge in [0.05, 0.1) is 23.0 Å². The summed E-state index contributed by atoms with van der Waals surface area (Å²) in [6, 6.07) is 5.58. The molecule has 0 aliphatic heterocycles. The zero-order chi connectivity index (χ0) is 25.8. The normalized spacial score (nSPS) is 12.1. The fraction of sp³-hybridized carbons (Fsp3) is 0.208. The lowest BCUT2D eigenvalue weighted by atomic mass is 10.0. The van der Waals surface area contributed by atoms with Gasteiger partial charge in [0.1, 0.15) is 11.6 Å². The highest BCUT2D eigenvalue weighted by molar-refractivity contribution is 6.00. The summed E-state index contributed by atoms with van der Waals surface area (Å²) in [7, 11) is 0. The van der Waals surface area contributed by atoms with Crippen molar-refractivity contribution < 1.29 is 32.2 Å². The van der Waals surface area contributed by atoms with Crippen molar-refractivity contribution in [2.24, 2.45) is 0 Å². The van der Waals surface area contributed by atoms with E-state index in [1.807, 2.05) is 0 Å². The molecule has 3 aromatic rings. The average Bonchev–Trinajstić information content (AvgIpc) is 2.78. The Balaban J connectivity index is 2.02. The van der Waals surface area contributed by atoms with E-state index < -0.39 is 29.9 Å². The van der Waals surface area contributed by atoms with Crippen molar-refractivity contribution in [2.45, 2.75) is 26.3 Å². The number of alkyl halides is 3. The Morgan fingerprint density at radius 3 is 2.57 bits per heavy atom. The minimum absolute atomic E-state index is 0.0248. The number of hydrogen-bond donors (Lipinski definition) is 3. The van der Waals surface area contributed by atoms with Crippen molar-refractivity contribution in [3.05, 3.63) is 72.4 Å². The molecule has 2 aromatic heterocycles. The number of nitrogens with zero attached hydrogens (tertiary/aromatic N) is 2. The molecule has 1 atom stereocenters. The summed E-state index contributed by atoms with van der Waals surface area (Å²) in [5, 5.41) is 15.1. The molecule has 0 saturated carbocycles. The number of carbonyl (C=O) groups is 1. The van der Waals surface area contributed by atoms with Crippen LogP contribution in [0.5, 0.6) is 5.75 Å². The predicted molar refractivity (Wildman–Crippen MR) is 123 cm³/mol. The highest BCUT2D eigenvalue weighted by Crippen LogP contribution is 2.34. The molecular weight excluding hydrogens is 468 g/mol. The van der Waals surface area contributed by atoms with E-state index in [0.29, 0.717) is 22.5 Å². The van der Waals surface area contributed by atoms with Gasteiger partial charge in [0.25, 0.3) is 5.91 Å². The van der Waals surface area contributed by atoms with Gasteiger partial charge in [0, 0.05) is 41.9 Å². The summed E-state index contributed by atoms with van der Waals surface area (Å²) in [6.45, 7) is 7.15. The quantitative estimate of drug-likeness (QED) is 0.382. The van der Waals surface area contributed by atoms with Crippen molar-refractivity contribution in [3.8, 4) is 17.0 Å². The number of halogens is 4. The van der Waals surface area contributed by atoms with Crippen LogP contribution in [0, 0.1) is 5.82 Å². The Bertz CT molecular complexity index is 1250. The zero-order valence-electron chi connectivity index (χ0n) is 18.8. The smallest absolute Gasteiger partial charge is 0.406 e. The largest absolute Gasteiger partial charge is 0.573 e. The standard InChI is InChI=1S/C24H22F4N4O3/c1-13(2)17-12-30-21(16-8-15(4-5-19(16)25)35-24(26,27)28)9-22(17)32-20-6-7-29-11-18(20)23(34)31-10-14(3)33/h4-9,11-12,14,33H,1,10H2,2-3H3,(H,31,34)(H,29,30,32)/t14-/m0/s1. The number of allylic oxidation sites excluding steroid dienone is 1. The lowest BCUT2D eigenvalue weighted by Gasteiger charge is -2.17. The molecule has 0 aliphatic carbocycles. The maximum Gasteiger partial charge on any atom is 0.573 e. The molecule has 0 spiro atoms. The second-order valence-electron chi connectivity index (χ2n) is 7.69. The average molecular weight is 490 g/mol. The molecule has 1 aromatic carbocycles. The van der Waals surface area contributed by atoms with Crippen LogP contribution in [-0.4, -0.2) is 40.0 Å². The Morgan fingerprint density at radius 2 is 1.91 bits per heavy atom. The SMILES string of the molecule is C=C(C)c1cnc(-c2cc(OC(F)(F)F)ccc2F)cc1Nc1ccncc1C(=O)NC[C@H](C)O. The molecule has 0 radical (unpaired) electrons. The summed E-state index contributed by atoms with van der Waals surface area (Å²) < 4.78 is 56.3. The van der Waals surface area contributed by atoms with E-state index in [-0.39, 0.29) is 23.4 Å². The maximum atomic E-state index is 14.5. The van der Waals surface area contributed by atoms with Crippen molar-refractivity contribution in [3.63, 3.8) is 0 Å². The second kappa shape index (κ2) is 10.5. The fourth-order valence-corrected chi connectivity index (χ4v) is 3.11. The van der Waals surface area contributed by atoms with Gasteiger partial charge in [0.2, 0.25) is 0 Å². The molecule has 0 aliphatic rings. The molecule has 184 valence electrons. The van der Waals surface area contributed by atoms with E-state index in [4.69, 9.17) is 0 Å². The van der Waals surface area contributed by atoms with Crippen LogP contribution in [0.1, 0.15) is 29.8 Å². The Morgan fingerprint density at radius 1 is 1.17 bits per heavy atom. The minimum atomic E-state index is -4.94. The Kier molecular flexibility index (Phi) is 7.70. The molecule has 2 heterocycles. The van der Waals surface area contributed by atoms with E-state index >= 15 is 0 Å². The van der Waals surface area contributed by atoms with Gasteiger partial charge in [-0.05, 0) is 49.8 Å². The number of benzene rings is 1. The summed E-state index contributed by atoms with van der Waals surface area (Å²) in [6.07, 6.45) is -1.51. The number of rotatable bonds is 8. The number of hydrogen-bond acceptors (Lipinski definition) is 6. The van der Waals surface area contributed by atoms with Crippen LogP contribution in [0.3, 0.4) is 0 Å². The van der Waals surface area contributed by atoms with E-state index in [9.17, 15) is 27.5 Å². The number of pyridine rings is 2. The second-order valence-corrected chi connectivity index (χ2v) is 7.69. The third-order valence-electron chi connectivity index (χ3n) is 4.70. The molecule has 7 nitrogen and oxygen atoms in total. The monoisotopic (exact) mass is 490 g/mol. The van der Waals surface area contributed by atoms with Gasteiger partial charge in [-0.2, -0.15) is 0 Å². The molecule has 0 bridgehead atoms. The van der Waals surface area contributed by atoms with Crippen molar-refractivity contribution >= 4 is 22.9 Å². The van der Waals surface area contributed by atoms with Gasteiger partial charge in [-0.25, -0.2) is 4.39 Å². The van der Waals surface area contributed by atoms with Gasteiger partial charge in [-0.1, -0.05) is 6.58 Å². The minimum Gasteiger partial charge on any atom is -0.406 e. The summed E-state index contributed by atoms with van der Waals surface area (Å²) in [5.41, 5.74) is 1.83. The molecule has 0 saturated heterocycles. The van der Waals surface area contributed by atoms with Crippen LogP contribution in [0.25, 0.3) is 16.8 Å². The topological polar surface area (TPSA) is 96.4 Å². The number of anilines is 2. The third kappa shape index (κ3) is 6.76. The van der Waals surface area contributed by atoms with Crippen molar-refractivity contribution in [2.75, 3.05) is 11.9 Å². The van der Waals surface area contributed by atoms with Crippen LogP contribution in [0.4, 0.5) is 28.9 Å². The molecule has 0 fully saturated rings. The van der Waals surface area contributed by atoms with E-state index in [1.54, 1.807) is 6.92 Å². The molecule has 11 heteroatoms. The van der Waals surface area contributed by atoms with E-state index in [2.05, 4.69) is 31.9 Å². The van der Waals surface area contributed by atoms with Gasteiger partial charge in [-0.3, -0.25) is 14.8 Å². The number of carbonyl (C=O) groups excluding carboxylic acids is 1. The molecule has 35 heavy (non-hydrogen) atoms. The van der Waals surface area contributed by atoms with Crippen LogP contribution < -0.4 is 15.4 Å². The van der Waals surface area contributed by atoms with Crippen LogP contribution in [0.15, 0.2) is 55.5 Å². The van der Waals surface area contributed by atoms with Gasteiger partial charge in [0.15, 0.2) is 0 Å². The van der Waals surface area contributed by atoms with Gasteiger partial charge in [-0.15, -0.1) is 13.2 Å². The van der Waals surface area contributed by atoms with Crippen LogP contribution in [-0.2, 0) is 0 Å². The van der Waals surface area contributed by atoms with Gasteiger partial charge < -0.3 is 20.5 Å². The highest BCUT2D eigenvalue weighted by atomic mass is 19.4. The van der Waals surface area contributed by atoms with Crippen molar-refractivity contribution in [1.29, 1.82) is 0 Å². The lowest BCUT2D eigenvalue weighted by molar-refractivity contribution is -0.274. The van der Waals surface area contributed by atoms with E-state index in [0.717, 1.165) is 18.2 Å². The summed E-state index contributed by atoms with van der Waals surface area (Å²) in [4.78, 5) is 20.7. The number of aliphatic hydroxyl groups excluding tert-OH is 1. The lowest BCUT2D eigenvalue weighted by Crippen LogP contribution is -2.31. The predicted octanol–water partition coefficient (Wildman–Crippen LogP) is 5.07. The highest BCUT2D eigenvalue weighted by Gasteiger charge is 2.31. The Labute approximate surface area is 198 Å². The first kappa shape index (κ1) is 25.6. The molecule has 1 amide bonds. The first-order valence-electron chi connectivity index (χ1n) is 10.3. The van der Waals surface area contributed by atoms with Crippen LogP contribution in [0.2, 0.25) is 0 Å². The molecule has 0 unspecified atom stereocenters. The number of amides is 1. The maximum absolute atomic E-state index is 14.5. The number of ether oxygens (including phenoxy) is 1. The van der Waals surface area contributed by atoms with E-state index in [1.165, 1.54) is 37.6 Å². The third-order valence-corrected chi connectivity index (χ3v) is 4.70. The van der Waals surface area contributed by atoms with Crippen molar-refractivity contribution in [1.82, 2.24) is 15.3 Å². The molecule has 3 rings (SSSR count). The molecular formula is C24H22F4N4O3. The Hall–Kier alpha value is -3.99. The van der Waals surface area contributed by atoms with Crippen LogP contribution >= 0.6 is 0 Å². The number of nitrogens with one attached hydrogen (secondary N) is 2. The summed E-state index contributed by atoms with van der Waals surface area (Å²) >= 11 is 0. The fourth-order valence-electron chi connectivity index (χ4n) is 3.11. The first-order chi connectivity index (χ1) is 16.4. The first-order valence-corrected chi connectivity index (χ1v) is 10.3.